The Morgan fingerprint density at radius 2 is 1.60 bits per heavy atom. The lowest BCUT2D eigenvalue weighted by Gasteiger charge is -2.14. The zero-order chi connectivity index (χ0) is 30.1. The van der Waals surface area contributed by atoms with E-state index in [1.165, 1.54) is 0 Å². The number of hydrogen-bond donors (Lipinski definition) is 1. The molecule has 1 atom stereocenters. The predicted octanol–water partition coefficient (Wildman–Crippen LogP) is 6.99. The van der Waals surface area contributed by atoms with Crippen LogP contribution in [0.1, 0.15) is 51.2 Å². The second-order valence-electron chi connectivity index (χ2n) is 9.99. The van der Waals surface area contributed by atoms with Gasteiger partial charge in [0.1, 0.15) is 17.6 Å². The van der Waals surface area contributed by atoms with Gasteiger partial charge in [-0.1, -0.05) is 23.7 Å². The smallest absolute Gasteiger partial charge is 0.227 e. The first-order valence-electron chi connectivity index (χ1n) is 13.5. The van der Waals surface area contributed by atoms with Crippen LogP contribution in [-0.2, 0) is 4.79 Å². The minimum absolute atomic E-state index is 0.0175. The molecule has 0 unspecified atom stereocenters. The summed E-state index contributed by atoms with van der Waals surface area (Å²) in [6.07, 6.45) is 0.0175. The van der Waals surface area contributed by atoms with Gasteiger partial charge in [0.2, 0.25) is 5.91 Å². The Labute approximate surface area is 266 Å². The molecular formula is C33H25ClIN5O3. The molecule has 4 aromatic carbocycles. The quantitative estimate of drug-likeness (QED) is 0.146. The van der Waals surface area contributed by atoms with Crippen LogP contribution in [0.5, 0.6) is 5.75 Å². The van der Waals surface area contributed by atoms with E-state index >= 15 is 0 Å². The van der Waals surface area contributed by atoms with Gasteiger partial charge < -0.3 is 10.1 Å². The maximum Gasteiger partial charge on any atom is 0.227 e. The fourth-order valence-electron chi connectivity index (χ4n) is 5.04. The highest BCUT2D eigenvalue weighted by Gasteiger charge is 2.30. The van der Waals surface area contributed by atoms with Gasteiger partial charge in [-0.2, -0.15) is 0 Å². The van der Waals surface area contributed by atoms with Crippen molar-refractivity contribution in [2.45, 2.75) is 19.4 Å². The second-order valence-corrected chi connectivity index (χ2v) is 11.7. The number of halogens is 2. The van der Waals surface area contributed by atoms with Crippen LogP contribution in [0.4, 0.5) is 5.69 Å². The van der Waals surface area contributed by atoms with Crippen LogP contribution in [0.3, 0.4) is 0 Å². The van der Waals surface area contributed by atoms with Crippen molar-refractivity contribution in [1.29, 1.82) is 0 Å². The maximum absolute atomic E-state index is 13.4. The predicted molar refractivity (Wildman–Crippen MR) is 175 cm³/mol. The number of carbonyl (C=O) groups excluding carboxylic acids is 2. The van der Waals surface area contributed by atoms with Gasteiger partial charge in [0, 0.05) is 36.5 Å². The lowest BCUT2D eigenvalue weighted by molar-refractivity contribution is -0.116. The molecule has 2 heterocycles. The van der Waals surface area contributed by atoms with E-state index in [9.17, 15) is 9.59 Å². The van der Waals surface area contributed by atoms with E-state index in [4.69, 9.17) is 21.3 Å². The maximum atomic E-state index is 13.4. The summed E-state index contributed by atoms with van der Waals surface area (Å²) in [6, 6.07) is 26.8. The number of carbonyl (C=O) groups is 2. The van der Waals surface area contributed by atoms with E-state index in [2.05, 4.69) is 38.1 Å². The molecule has 0 spiro atoms. The number of ketones is 1. The van der Waals surface area contributed by atoms with Crippen molar-refractivity contribution in [2.75, 3.05) is 12.4 Å². The summed E-state index contributed by atoms with van der Waals surface area (Å²) in [5.41, 5.74) is 4.91. The lowest BCUT2D eigenvalue weighted by Crippen LogP contribution is -2.17. The molecule has 43 heavy (non-hydrogen) atoms. The molecule has 1 N–H and O–H groups in total. The van der Waals surface area contributed by atoms with Gasteiger partial charge in [-0.25, -0.2) is 0 Å². The number of rotatable bonds is 7. The number of amides is 1. The van der Waals surface area contributed by atoms with Crippen LogP contribution >= 0.6 is 34.2 Å². The first-order chi connectivity index (χ1) is 20.8. The summed E-state index contributed by atoms with van der Waals surface area (Å²) in [4.78, 5) is 31.4. The molecule has 0 saturated carbocycles. The molecule has 1 amide bonds. The van der Waals surface area contributed by atoms with Crippen LogP contribution < -0.4 is 10.1 Å². The Kier molecular flexibility index (Phi) is 8.09. The van der Waals surface area contributed by atoms with Crippen LogP contribution in [0.15, 0.2) is 96.0 Å². The Morgan fingerprint density at radius 3 is 2.28 bits per heavy atom. The minimum Gasteiger partial charge on any atom is -0.497 e. The first kappa shape index (κ1) is 28.8. The summed E-state index contributed by atoms with van der Waals surface area (Å²) in [5, 5.41) is 12.3. The number of aromatic nitrogens is 3. The highest BCUT2D eigenvalue weighted by molar-refractivity contribution is 14.1. The molecule has 1 aromatic heterocycles. The third-order valence-corrected chi connectivity index (χ3v) is 8.14. The molecule has 0 fully saturated rings. The zero-order valence-corrected chi connectivity index (χ0v) is 26.1. The molecule has 214 valence electrons. The van der Waals surface area contributed by atoms with Crippen molar-refractivity contribution in [3.8, 4) is 11.4 Å². The molecule has 0 saturated heterocycles. The van der Waals surface area contributed by atoms with E-state index in [1.54, 1.807) is 43.5 Å². The van der Waals surface area contributed by atoms with Gasteiger partial charge in [0.05, 0.1) is 24.9 Å². The van der Waals surface area contributed by atoms with Gasteiger partial charge in [0.15, 0.2) is 11.6 Å². The summed E-state index contributed by atoms with van der Waals surface area (Å²) in [7, 11) is 1.62. The number of aliphatic imine (C=N–C) groups is 1. The third-order valence-electron chi connectivity index (χ3n) is 7.17. The van der Waals surface area contributed by atoms with Crippen LogP contribution in [0.2, 0.25) is 5.02 Å². The number of nitrogens with one attached hydrogen (secondary N) is 1. The van der Waals surface area contributed by atoms with E-state index in [0.717, 1.165) is 20.4 Å². The average Bonchev–Trinajstić information content (AvgIpc) is 3.34. The summed E-state index contributed by atoms with van der Waals surface area (Å²) in [5.74, 6) is 1.57. The zero-order valence-electron chi connectivity index (χ0n) is 23.2. The fourth-order valence-corrected chi connectivity index (χ4v) is 5.52. The SMILES string of the molecule is COc1ccc2c(c1)C(c1ccc(Cl)cc1)=N[C@@H](CC(=O)Nc1ccc(C(=O)c3ccc(I)cc3)cc1)c1nnc(C)n1-2. The normalized spacial score (nSPS) is 13.8. The number of benzene rings is 4. The van der Waals surface area contributed by atoms with Crippen LogP contribution in [0.25, 0.3) is 5.69 Å². The van der Waals surface area contributed by atoms with Crippen LogP contribution in [-0.4, -0.2) is 39.3 Å². The molecule has 0 radical (unpaired) electrons. The molecule has 1 aliphatic rings. The van der Waals surface area contributed by atoms with Crippen molar-refractivity contribution < 1.29 is 14.3 Å². The molecule has 5 aromatic rings. The van der Waals surface area contributed by atoms with E-state index in [1.807, 2.05) is 66.1 Å². The van der Waals surface area contributed by atoms with Crippen molar-refractivity contribution in [2.24, 2.45) is 4.99 Å². The number of ether oxygens (including phenoxy) is 1. The average molecular weight is 702 g/mol. The number of hydrogen-bond acceptors (Lipinski definition) is 6. The first-order valence-corrected chi connectivity index (χ1v) is 14.9. The van der Waals surface area contributed by atoms with Gasteiger partial charge in [-0.3, -0.25) is 19.1 Å². The number of fused-ring (bicyclic) bond motifs is 3. The van der Waals surface area contributed by atoms with Crippen molar-refractivity contribution >= 4 is 57.3 Å². The molecule has 1 aliphatic heterocycles. The molecule has 6 rings (SSSR count). The molecule has 10 heteroatoms. The van der Waals surface area contributed by atoms with E-state index in [-0.39, 0.29) is 18.1 Å². The Morgan fingerprint density at radius 1 is 0.930 bits per heavy atom. The summed E-state index contributed by atoms with van der Waals surface area (Å²) >= 11 is 8.39. The highest BCUT2D eigenvalue weighted by atomic mass is 127. The minimum atomic E-state index is -0.632. The number of nitrogens with zero attached hydrogens (tertiary/aromatic N) is 4. The number of aryl methyl sites for hydroxylation is 1. The number of methoxy groups -OCH3 is 1. The van der Waals surface area contributed by atoms with Crippen LogP contribution in [0, 0.1) is 10.5 Å². The summed E-state index contributed by atoms with van der Waals surface area (Å²) < 4.78 is 8.53. The Hall–Kier alpha value is -4.35. The van der Waals surface area contributed by atoms with Gasteiger partial charge in [-0.05, 0) is 108 Å². The van der Waals surface area contributed by atoms with Crippen molar-refractivity contribution in [1.82, 2.24) is 14.8 Å². The van der Waals surface area contributed by atoms with Gasteiger partial charge in [0.25, 0.3) is 0 Å². The molecule has 0 bridgehead atoms. The van der Waals surface area contributed by atoms with E-state index in [0.29, 0.717) is 44.9 Å². The van der Waals surface area contributed by atoms with Gasteiger partial charge in [-0.15, -0.1) is 10.2 Å². The van der Waals surface area contributed by atoms with E-state index < -0.39 is 6.04 Å². The Balaban J connectivity index is 1.30. The van der Waals surface area contributed by atoms with Crippen molar-refractivity contribution in [3.05, 3.63) is 133 Å². The molecule has 8 nitrogen and oxygen atoms in total. The second kappa shape index (κ2) is 12.1. The third kappa shape index (κ3) is 5.95. The molecule has 0 aliphatic carbocycles. The lowest BCUT2D eigenvalue weighted by atomic mass is 10.00. The van der Waals surface area contributed by atoms with Gasteiger partial charge >= 0.3 is 0 Å². The largest absolute Gasteiger partial charge is 0.497 e. The monoisotopic (exact) mass is 701 g/mol. The fraction of sp³-hybridized carbons (Fsp3) is 0.121. The molecular weight excluding hydrogens is 677 g/mol. The standard InChI is InChI=1S/C33H25ClIN5O3/c1-19-38-39-33-28(18-30(41)36-25-13-7-22(8-14-25)32(42)21-5-11-24(35)12-6-21)37-31(20-3-9-23(34)10-4-20)27-17-26(43-2)15-16-29(27)40(19)33/h3-17,28H,18H2,1-2H3,(H,36,41)/t28-/m0/s1. The highest BCUT2D eigenvalue weighted by Crippen LogP contribution is 2.34. The van der Waals surface area contributed by atoms with Crippen molar-refractivity contribution in [3.63, 3.8) is 0 Å². The number of anilines is 1. The summed E-state index contributed by atoms with van der Waals surface area (Å²) in [6.45, 7) is 1.87. The Bertz CT molecular complexity index is 1870. The topological polar surface area (TPSA) is 98.5 Å².